The third-order valence-corrected chi connectivity index (χ3v) is 3.43. The summed E-state index contributed by atoms with van der Waals surface area (Å²) in [6.07, 6.45) is 0.975. The zero-order valence-electron chi connectivity index (χ0n) is 9.95. The number of nitrogens with zero attached hydrogens (tertiary/aromatic N) is 2. The van der Waals surface area contributed by atoms with Crippen molar-refractivity contribution in [2.45, 2.75) is 12.5 Å². The summed E-state index contributed by atoms with van der Waals surface area (Å²) in [5.74, 6) is 0.291. The summed E-state index contributed by atoms with van der Waals surface area (Å²) in [6, 6.07) is 0.124. The molecule has 0 spiro atoms. The average Bonchev–Trinajstić information content (AvgIpc) is 2.69. The van der Waals surface area contributed by atoms with Gasteiger partial charge in [0.05, 0.1) is 12.6 Å². The summed E-state index contributed by atoms with van der Waals surface area (Å²) in [7, 11) is 1.67. The van der Waals surface area contributed by atoms with Crippen LogP contribution < -0.4 is 5.32 Å². The maximum Gasteiger partial charge on any atom is 0.240 e. The van der Waals surface area contributed by atoms with Gasteiger partial charge in [-0.05, 0) is 6.42 Å². The van der Waals surface area contributed by atoms with Crippen molar-refractivity contribution in [1.29, 1.82) is 0 Å². The standard InChI is InChI=1S/C11H21N3O2/c1-16-9-8-14-5-2-10(11(14)15)13-6-3-12-4-7-13/h10,12H,2-9H2,1H3. The Bertz CT molecular complexity index is 241. The van der Waals surface area contributed by atoms with Crippen LogP contribution >= 0.6 is 0 Å². The lowest BCUT2D eigenvalue weighted by Gasteiger charge is -2.31. The molecule has 2 saturated heterocycles. The van der Waals surface area contributed by atoms with Crippen molar-refractivity contribution >= 4 is 5.91 Å². The Balaban J connectivity index is 1.85. The summed E-state index contributed by atoms with van der Waals surface area (Å²) >= 11 is 0. The maximum atomic E-state index is 12.1. The number of hydrogen-bond acceptors (Lipinski definition) is 4. The van der Waals surface area contributed by atoms with E-state index in [-0.39, 0.29) is 6.04 Å². The van der Waals surface area contributed by atoms with E-state index in [1.165, 1.54) is 0 Å². The first-order valence-corrected chi connectivity index (χ1v) is 6.05. The minimum Gasteiger partial charge on any atom is -0.383 e. The fourth-order valence-electron chi connectivity index (χ4n) is 2.48. The van der Waals surface area contributed by atoms with E-state index in [2.05, 4.69) is 10.2 Å². The van der Waals surface area contributed by atoms with Crippen molar-refractivity contribution in [3.05, 3.63) is 0 Å². The van der Waals surface area contributed by atoms with Crippen molar-refractivity contribution in [3.63, 3.8) is 0 Å². The Morgan fingerprint density at radius 3 is 2.81 bits per heavy atom. The van der Waals surface area contributed by atoms with Gasteiger partial charge in [-0.15, -0.1) is 0 Å². The predicted octanol–water partition coefficient (Wildman–Crippen LogP) is -0.861. The second kappa shape index (κ2) is 5.61. The molecule has 5 nitrogen and oxygen atoms in total. The monoisotopic (exact) mass is 227 g/mol. The number of carbonyl (C=O) groups excluding carboxylic acids is 1. The molecule has 2 heterocycles. The lowest BCUT2D eigenvalue weighted by atomic mass is 10.2. The van der Waals surface area contributed by atoms with Crippen LogP contribution in [0, 0.1) is 0 Å². The molecule has 0 saturated carbocycles. The molecule has 16 heavy (non-hydrogen) atoms. The van der Waals surface area contributed by atoms with E-state index in [0.29, 0.717) is 12.5 Å². The fraction of sp³-hybridized carbons (Fsp3) is 0.909. The van der Waals surface area contributed by atoms with Crippen LogP contribution in [0.25, 0.3) is 0 Å². The average molecular weight is 227 g/mol. The Morgan fingerprint density at radius 1 is 1.38 bits per heavy atom. The van der Waals surface area contributed by atoms with Crippen LogP contribution in [0.2, 0.25) is 0 Å². The number of methoxy groups -OCH3 is 1. The van der Waals surface area contributed by atoms with Gasteiger partial charge < -0.3 is 15.0 Å². The van der Waals surface area contributed by atoms with E-state index in [0.717, 1.165) is 45.7 Å². The van der Waals surface area contributed by atoms with Gasteiger partial charge in [-0.3, -0.25) is 9.69 Å². The van der Waals surface area contributed by atoms with Crippen molar-refractivity contribution in [2.24, 2.45) is 0 Å². The highest BCUT2D eigenvalue weighted by atomic mass is 16.5. The first kappa shape index (κ1) is 11.8. The number of likely N-dealkylation sites (tertiary alicyclic amines) is 1. The molecule has 0 aromatic rings. The SMILES string of the molecule is COCCN1CCC(N2CCNCC2)C1=O. The number of carbonyl (C=O) groups is 1. The van der Waals surface area contributed by atoms with Gasteiger partial charge in [0.1, 0.15) is 0 Å². The molecule has 1 N–H and O–H groups in total. The summed E-state index contributed by atoms with van der Waals surface area (Å²) in [5, 5.41) is 3.31. The Labute approximate surface area is 96.7 Å². The third kappa shape index (κ3) is 2.53. The minimum atomic E-state index is 0.124. The minimum absolute atomic E-state index is 0.124. The Kier molecular flexibility index (Phi) is 4.15. The molecule has 0 bridgehead atoms. The molecule has 2 aliphatic rings. The smallest absolute Gasteiger partial charge is 0.240 e. The van der Waals surface area contributed by atoms with Crippen LogP contribution in [-0.2, 0) is 9.53 Å². The number of amides is 1. The molecule has 0 radical (unpaired) electrons. The summed E-state index contributed by atoms with van der Waals surface area (Å²) in [4.78, 5) is 16.4. The topological polar surface area (TPSA) is 44.8 Å². The van der Waals surface area contributed by atoms with Gasteiger partial charge in [0.25, 0.3) is 0 Å². The number of ether oxygens (including phenoxy) is 1. The number of rotatable bonds is 4. The van der Waals surface area contributed by atoms with Crippen molar-refractivity contribution in [3.8, 4) is 0 Å². The lowest BCUT2D eigenvalue weighted by Crippen LogP contribution is -2.51. The molecule has 0 aromatic heterocycles. The highest BCUT2D eigenvalue weighted by molar-refractivity contribution is 5.84. The normalized spacial score (nSPS) is 27.7. The van der Waals surface area contributed by atoms with Gasteiger partial charge in [0.2, 0.25) is 5.91 Å². The molecule has 2 rings (SSSR count). The lowest BCUT2D eigenvalue weighted by molar-refractivity contribution is -0.132. The van der Waals surface area contributed by atoms with Gasteiger partial charge >= 0.3 is 0 Å². The predicted molar refractivity (Wildman–Crippen MR) is 61.3 cm³/mol. The number of piperazine rings is 1. The fourth-order valence-corrected chi connectivity index (χ4v) is 2.48. The molecule has 92 valence electrons. The van der Waals surface area contributed by atoms with Crippen LogP contribution in [0.4, 0.5) is 0 Å². The van der Waals surface area contributed by atoms with Crippen LogP contribution in [-0.4, -0.2) is 74.7 Å². The second-order valence-electron chi connectivity index (χ2n) is 4.41. The molecule has 2 fully saturated rings. The molecule has 2 aliphatic heterocycles. The zero-order valence-corrected chi connectivity index (χ0v) is 9.95. The molecule has 5 heteroatoms. The zero-order chi connectivity index (χ0) is 11.4. The molecule has 0 aromatic carbocycles. The Morgan fingerprint density at radius 2 is 2.12 bits per heavy atom. The second-order valence-corrected chi connectivity index (χ2v) is 4.41. The first-order valence-electron chi connectivity index (χ1n) is 6.05. The van der Waals surface area contributed by atoms with Crippen molar-refractivity contribution in [1.82, 2.24) is 15.1 Å². The van der Waals surface area contributed by atoms with E-state index < -0.39 is 0 Å². The van der Waals surface area contributed by atoms with Gasteiger partial charge in [-0.2, -0.15) is 0 Å². The van der Waals surface area contributed by atoms with E-state index in [4.69, 9.17) is 4.74 Å². The first-order chi connectivity index (χ1) is 7.83. The highest BCUT2D eigenvalue weighted by Crippen LogP contribution is 2.17. The third-order valence-electron chi connectivity index (χ3n) is 3.43. The van der Waals surface area contributed by atoms with E-state index >= 15 is 0 Å². The molecular formula is C11H21N3O2. The largest absolute Gasteiger partial charge is 0.383 e. The number of nitrogens with one attached hydrogen (secondary N) is 1. The van der Waals surface area contributed by atoms with Gasteiger partial charge in [0.15, 0.2) is 0 Å². The van der Waals surface area contributed by atoms with Gasteiger partial charge in [-0.25, -0.2) is 0 Å². The molecule has 1 unspecified atom stereocenters. The quantitative estimate of drug-likeness (QED) is 0.679. The van der Waals surface area contributed by atoms with E-state index in [1.54, 1.807) is 7.11 Å². The summed E-state index contributed by atoms with van der Waals surface area (Å²) in [6.45, 7) is 6.25. The van der Waals surface area contributed by atoms with Crippen LogP contribution in [0.5, 0.6) is 0 Å². The van der Waals surface area contributed by atoms with Gasteiger partial charge in [-0.1, -0.05) is 0 Å². The van der Waals surface area contributed by atoms with E-state index in [1.807, 2.05) is 4.90 Å². The highest BCUT2D eigenvalue weighted by Gasteiger charge is 2.35. The summed E-state index contributed by atoms with van der Waals surface area (Å²) < 4.78 is 5.02. The Hall–Kier alpha value is -0.650. The molecule has 1 amide bonds. The molecule has 0 aliphatic carbocycles. The molecular weight excluding hydrogens is 206 g/mol. The van der Waals surface area contributed by atoms with Crippen LogP contribution in [0.3, 0.4) is 0 Å². The van der Waals surface area contributed by atoms with Crippen molar-refractivity contribution in [2.75, 3.05) is 53.0 Å². The number of hydrogen-bond donors (Lipinski definition) is 1. The molecule has 1 atom stereocenters. The van der Waals surface area contributed by atoms with Crippen LogP contribution in [0.1, 0.15) is 6.42 Å². The maximum absolute atomic E-state index is 12.1. The van der Waals surface area contributed by atoms with E-state index in [9.17, 15) is 4.79 Å². The summed E-state index contributed by atoms with van der Waals surface area (Å²) in [5.41, 5.74) is 0. The van der Waals surface area contributed by atoms with Crippen LogP contribution in [0.15, 0.2) is 0 Å². The van der Waals surface area contributed by atoms with Gasteiger partial charge in [0, 0.05) is 46.4 Å². The van der Waals surface area contributed by atoms with Crippen molar-refractivity contribution < 1.29 is 9.53 Å².